The van der Waals surface area contributed by atoms with E-state index in [1.54, 1.807) is 7.05 Å². The minimum atomic E-state index is -0.0817. The first kappa shape index (κ1) is 24.7. The maximum absolute atomic E-state index is 11.2. The van der Waals surface area contributed by atoms with Crippen LogP contribution < -0.4 is 20.7 Å². The average molecular weight is 510 g/mol. The van der Waals surface area contributed by atoms with Crippen LogP contribution in [0, 0.1) is 6.92 Å². The summed E-state index contributed by atoms with van der Waals surface area (Å²) in [5.74, 6) is 1.53. The molecule has 1 amide bonds. The van der Waals surface area contributed by atoms with Gasteiger partial charge < -0.3 is 20.7 Å². The number of nitrogens with zero attached hydrogens (tertiary/aromatic N) is 1. The third-order valence-corrected chi connectivity index (χ3v) is 4.06. The Morgan fingerprint density at radius 2 is 1.86 bits per heavy atom. The number of aliphatic imine (C=N–C) groups is 1. The first-order chi connectivity index (χ1) is 13.5. The maximum atomic E-state index is 11.2. The van der Waals surface area contributed by atoms with E-state index in [0.717, 1.165) is 29.0 Å². The van der Waals surface area contributed by atoms with Gasteiger partial charge >= 0.3 is 0 Å². The minimum absolute atomic E-state index is 0. The quantitative estimate of drug-likeness (QED) is 0.283. The summed E-state index contributed by atoms with van der Waals surface area (Å²) < 4.78 is 5.87. The summed E-state index contributed by atoms with van der Waals surface area (Å²) >= 11 is 0. The van der Waals surface area contributed by atoms with Crippen LogP contribution >= 0.6 is 24.0 Å². The van der Waals surface area contributed by atoms with Crippen LogP contribution in [0.4, 0.5) is 5.69 Å². The van der Waals surface area contributed by atoms with E-state index in [1.165, 1.54) is 12.5 Å². The Kier molecular flexibility index (Phi) is 11.1. The molecule has 158 valence electrons. The lowest BCUT2D eigenvalue weighted by molar-refractivity contribution is -0.114. The van der Waals surface area contributed by atoms with Gasteiger partial charge in [-0.15, -0.1) is 24.0 Å². The van der Waals surface area contributed by atoms with Gasteiger partial charge in [-0.05, 0) is 42.7 Å². The molecule has 0 radical (unpaired) electrons. The predicted octanol–water partition coefficient (Wildman–Crippen LogP) is 4.23. The van der Waals surface area contributed by atoms with Gasteiger partial charge in [0.25, 0.3) is 0 Å². The molecule has 0 atom stereocenters. The molecule has 0 spiro atoms. The molecule has 0 fully saturated rings. The van der Waals surface area contributed by atoms with Crippen molar-refractivity contribution < 1.29 is 9.53 Å². The third-order valence-electron chi connectivity index (χ3n) is 4.06. The number of hydrogen-bond donors (Lipinski definition) is 3. The predicted molar refractivity (Wildman–Crippen MR) is 130 cm³/mol. The van der Waals surface area contributed by atoms with E-state index >= 15 is 0 Å². The van der Waals surface area contributed by atoms with E-state index < -0.39 is 0 Å². The van der Waals surface area contributed by atoms with Crippen LogP contribution in [-0.2, 0) is 17.9 Å². The topological polar surface area (TPSA) is 74.8 Å². The zero-order valence-electron chi connectivity index (χ0n) is 17.5. The number of aryl methyl sites for hydroxylation is 1. The van der Waals surface area contributed by atoms with Crippen LogP contribution in [0.5, 0.6) is 5.75 Å². The number of halogens is 1. The molecule has 3 N–H and O–H groups in total. The lowest BCUT2D eigenvalue weighted by atomic mass is 10.1. The Balaban J connectivity index is 0.00000420. The molecule has 0 unspecified atom stereocenters. The largest absolute Gasteiger partial charge is 0.493 e. The molecule has 0 aliphatic heterocycles. The summed E-state index contributed by atoms with van der Waals surface area (Å²) in [4.78, 5) is 15.5. The second-order valence-electron chi connectivity index (χ2n) is 6.62. The highest BCUT2D eigenvalue weighted by atomic mass is 127. The molecule has 0 saturated heterocycles. The Hall–Kier alpha value is -2.29. The number of amides is 1. The van der Waals surface area contributed by atoms with Gasteiger partial charge in [-0.1, -0.05) is 31.2 Å². The molecule has 0 saturated carbocycles. The maximum Gasteiger partial charge on any atom is 0.221 e. The molecule has 6 nitrogen and oxygen atoms in total. The molecular formula is C22H31IN4O2. The second kappa shape index (κ2) is 13.0. The van der Waals surface area contributed by atoms with Gasteiger partial charge in [0.05, 0.1) is 6.61 Å². The highest BCUT2D eigenvalue weighted by Crippen LogP contribution is 2.20. The summed E-state index contributed by atoms with van der Waals surface area (Å²) in [5.41, 5.74) is 4.11. The van der Waals surface area contributed by atoms with Crippen molar-refractivity contribution in [2.45, 2.75) is 40.3 Å². The van der Waals surface area contributed by atoms with Crippen LogP contribution in [0.1, 0.15) is 37.0 Å². The summed E-state index contributed by atoms with van der Waals surface area (Å²) in [6.07, 6.45) is 0.974. The van der Waals surface area contributed by atoms with Crippen molar-refractivity contribution >= 4 is 41.5 Å². The molecule has 0 heterocycles. The third kappa shape index (κ3) is 8.72. The first-order valence-corrected chi connectivity index (χ1v) is 9.55. The van der Waals surface area contributed by atoms with Gasteiger partial charge in [0, 0.05) is 38.3 Å². The van der Waals surface area contributed by atoms with Crippen molar-refractivity contribution in [2.24, 2.45) is 4.99 Å². The Bertz CT molecular complexity index is 824. The summed E-state index contributed by atoms with van der Waals surface area (Å²) in [6, 6.07) is 14.0. The molecule has 0 aliphatic carbocycles. The van der Waals surface area contributed by atoms with E-state index in [9.17, 15) is 4.79 Å². The highest BCUT2D eigenvalue weighted by Gasteiger charge is 2.06. The molecular weight excluding hydrogens is 479 g/mol. The zero-order chi connectivity index (χ0) is 20.4. The van der Waals surface area contributed by atoms with Gasteiger partial charge in [0.15, 0.2) is 5.96 Å². The van der Waals surface area contributed by atoms with Gasteiger partial charge in [0.1, 0.15) is 5.75 Å². The zero-order valence-corrected chi connectivity index (χ0v) is 19.9. The van der Waals surface area contributed by atoms with Gasteiger partial charge in [-0.2, -0.15) is 0 Å². The monoisotopic (exact) mass is 510 g/mol. The number of benzene rings is 2. The smallest absolute Gasteiger partial charge is 0.221 e. The highest BCUT2D eigenvalue weighted by molar-refractivity contribution is 14.0. The number of carbonyl (C=O) groups excluding carboxylic acids is 1. The lowest BCUT2D eigenvalue weighted by Crippen LogP contribution is -2.36. The molecule has 2 aromatic carbocycles. The number of nitrogens with one attached hydrogen (secondary N) is 3. The fourth-order valence-corrected chi connectivity index (χ4v) is 2.70. The van der Waals surface area contributed by atoms with E-state index in [1.807, 2.05) is 24.3 Å². The fourth-order valence-electron chi connectivity index (χ4n) is 2.70. The van der Waals surface area contributed by atoms with Crippen molar-refractivity contribution in [1.82, 2.24) is 10.6 Å². The van der Waals surface area contributed by atoms with Crippen molar-refractivity contribution in [3.05, 3.63) is 59.2 Å². The number of hydrogen-bond acceptors (Lipinski definition) is 3. The number of anilines is 1. The Morgan fingerprint density at radius 1 is 1.10 bits per heavy atom. The van der Waals surface area contributed by atoms with Crippen LogP contribution in [0.25, 0.3) is 0 Å². The standard InChI is InChI=1S/C22H30N4O2.HI/c1-5-11-28-21-12-16(2)9-10-19(21)15-25-22(23-4)24-14-18-7-6-8-20(13-18)26-17(3)27;/h6-10,12-13H,5,11,14-15H2,1-4H3,(H,26,27)(H2,23,24,25);1H. The summed E-state index contributed by atoms with van der Waals surface area (Å²) in [6.45, 7) is 7.57. The second-order valence-corrected chi connectivity index (χ2v) is 6.62. The van der Waals surface area contributed by atoms with E-state index in [2.05, 4.69) is 53.0 Å². The molecule has 29 heavy (non-hydrogen) atoms. The molecule has 0 aromatic heterocycles. The van der Waals surface area contributed by atoms with Crippen LogP contribution in [0.15, 0.2) is 47.5 Å². The average Bonchev–Trinajstić information content (AvgIpc) is 2.67. The number of ether oxygens (including phenoxy) is 1. The minimum Gasteiger partial charge on any atom is -0.493 e. The van der Waals surface area contributed by atoms with Crippen molar-refractivity contribution in [3.8, 4) is 5.75 Å². The molecule has 2 rings (SSSR count). The normalized spacial score (nSPS) is 10.7. The molecule has 0 aliphatic rings. The van der Waals surface area contributed by atoms with E-state index in [-0.39, 0.29) is 29.9 Å². The fraction of sp³-hybridized carbons (Fsp3) is 0.364. The van der Waals surface area contributed by atoms with Gasteiger partial charge in [0.2, 0.25) is 5.91 Å². The number of carbonyl (C=O) groups is 1. The van der Waals surface area contributed by atoms with E-state index in [0.29, 0.717) is 25.7 Å². The van der Waals surface area contributed by atoms with Gasteiger partial charge in [-0.25, -0.2) is 0 Å². The number of guanidine groups is 1. The van der Waals surface area contributed by atoms with Crippen LogP contribution in [0.3, 0.4) is 0 Å². The SMILES string of the molecule is CCCOc1cc(C)ccc1CNC(=NC)NCc1cccc(NC(C)=O)c1.I. The van der Waals surface area contributed by atoms with Crippen molar-refractivity contribution in [3.63, 3.8) is 0 Å². The lowest BCUT2D eigenvalue weighted by Gasteiger charge is -2.15. The van der Waals surface area contributed by atoms with Crippen molar-refractivity contribution in [1.29, 1.82) is 0 Å². The molecule has 0 bridgehead atoms. The molecule has 7 heteroatoms. The first-order valence-electron chi connectivity index (χ1n) is 9.55. The number of rotatable bonds is 8. The van der Waals surface area contributed by atoms with Crippen LogP contribution in [0.2, 0.25) is 0 Å². The van der Waals surface area contributed by atoms with E-state index in [4.69, 9.17) is 4.74 Å². The molecule has 2 aromatic rings. The van der Waals surface area contributed by atoms with Crippen LogP contribution in [-0.4, -0.2) is 25.5 Å². The van der Waals surface area contributed by atoms with Crippen molar-refractivity contribution in [2.75, 3.05) is 19.0 Å². The Labute approximate surface area is 190 Å². The summed E-state index contributed by atoms with van der Waals surface area (Å²) in [5, 5.41) is 9.42. The summed E-state index contributed by atoms with van der Waals surface area (Å²) in [7, 11) is 1.74. The van der Waals surface area contributed by atoms with Gasteiger partial charge in [-0.3, -0.25) is 9.79 Å². The Morgan fingerprint density at radius 3 is 2.55 bits per heavy atom.